The molecule has 0 amide bonds. The summed E-state index contributed by atoms with van der Waals surface area (Å²) in [5.74, 6) is -0.538. The molecule has 0 spiro atoms. The summed E-state index contributed by atoms with van der Waals surface area (Å²) < 4.78 is 4.70. The van der Waals surface area contributed by atoms with Crippen molar-refractivity contribution in [1.82, 2.24) is 0 Å². The molecule has 0 aliphatic heterocycles. The van der Waals surface area contributed by atoms with Gasteiger partial charge in [0.15, 0.2) is 0 Å². The van der Waals surface area contributed by atoms with Crippen molar-refractivity contribution < 1.29 is 14.6 Å². The lowest BCUT2D eigenvalue weighted by atomic mass is 9.91. The molecule has 3 nitrogen and oxygen atoms in total. The molecule has 0 unspecified atom stereocenters. The molecule has 0 aromatic carbocycles. The fraction of sp³-hybridized carbons (Fsp3) is 0.889. The topological polar surface area (TPSA) is 46.5 Å². The molecule has 0 fully saturated rings. The Morgan fingerprint density at radius 3 is 2.42 bits per heavy atom. The lowest BCUT2D eigenvalue weighted by Crippen LogP contribution is -2.12. The smallest absolute Gasteiger partial charge is 0.331 e. The van der Waals surface area contributed by atoms with Crippen molar-refractivity contribution in [3.8, 4) is 0 Å². The Morgan fingerprint density at radius 1 is 1.42 bits per heavy atom. The van der Waals surface area contributed by atoms with Crippen LogP contribution in [0.25, 0.3) is 0 Å². The molecule has 3 heteroatoms. The average Bonchev–Trinajstić information content (AvgIpc) is 1.96. The summed E-state index contributed by atoms with van der Waals surface area (Å²) in [5, 5.41) is 8.32. The van der Waals surface area contributed by atoms with Gasteiger partial charge in [-0.15, -0.1) is 0 Å². The fourth-order valence-electron chi connectivity index (χ4n) is 0.834. The van der Waals surface area contributed by atoms with Gasteiger partial charge in [0.1, 0.15) is 6.61 Å². The van der Waals surface area contributed by atoms with Crippen LogP contribution in [0.3, 0.4) is 0 Å². The molecule has 12 heavy (non-hydrogen) atoms. The number of esters is 1. The Labute approximate surface area is 73.7 Å². The van der Waals surface area contributed by atoms with Gasteiger partial charge in [-0.05, 0) is 18.3 Å². The number of carbonyl (C=O) groups excluding carboxylic acids is 1. The molecule has 0 atom stereocenters. The van der Waals surface area contributed by atoms with Crippen LogP contribution in [0.2, 0.25) is 0 Å². The van der Waals surface area contributed by atoms with E-state index in [0.717, 1.165) is 12.8 Å². The molecule has 0 aliphatic rings. The summed E-state index contributed by atoms with van der Waals surface area (Å²) in [6.45, 7) is 6.31. The quantitative estimate of drug-likeness (QED) is 0.517. The Balaban J connectivity index is 3.28. The average molecular weight is 174 g/mol. The van der Waals surface area contributed by atoms with Gasteiger partial charge < -0.3 is 9.84 Å². The van der Waals surface area contributed by atoms with Crippen molar-refractivity contribution in [2.45, 2.75) is 33.6 Å². The Morgan fingerprint density at radius 2 is 2.00 bits per heavy atom. The maximum atomic E-state index is 10.5. The van der Waals surface area contributed by atoms with Crippen molar-refractivity contribution in [1.29, 1.82) is 0 Å². The van der Waals surface area contributed by atoms with E-state index in [1.54, 1.807) is 0 Å². The Hall–Kier alpha value is -0.570. The standard InChI is InChI=1S/C9H18O3/c1-9(2,3)5-4-6-12-8(11)7-10/h10H,4-7H2,1-3H3. The van der Waals surface area contributed by atoms with E-state index < -0.39 is 12.6 Å². The zero-order valence-electron chi connectivity index (χ0n) is 8.09. The number of ether oxygens (including phenoxy) is 1. The first-order valence-corrected chi connectivity index (χ1v) is 4.22. The van der Waals surface area contributed by atoms with Crippen LogP contribution in [0, 0.1) is 5.41 Å². The second kappa shape index (κ2) is 5.14. The van der Waals surface area contributed by atoms with Gasteiger partial charge in [-0.25, -0.2) is 4.79 Å². The molecule has 0 aliphatic carbocycles. The predicted molar refractivity (Wildman–Crippen MR) is 46.7 cm³/mol. The molecule has 0 rings (SSSR count). The number of rotatable bonds is 4. The highest BCUT2D eigenvalue weighted by Crippen LogP contribution is 2.20. The van der Waals surface area contributed by atoms with E-state index in [9.17, 15) is 4.79 Å². The molecule has 0 heterocycles. The van der Waals surface area contributed by atoms with Gasteiger partial charge in [0.05, 0.1) is 6.61 Å². The molecule has 0 aromatic rings. The highest BCUT2D eigenvalue weighted by molar-refractivity contribution is 5.70. The van der Waals surface area contributed by atoms with Crippen LogP contribution in [0.15, 0.2) is 0 Å². The van der Waals surface area contributed by atoms with Crippen LogP contribution in [0.5, 0.6) is 0 Å². The van der Waals surface area contributed by atoms with E-state index in [-0.39, 0.29) is 5.41 Å². The highest BCUT2D eigenvalue weighted by Gasteiger charge is 2.09. The zero-order chi connectivity index (χ0) is 9.61. The maximum Gasteiger partial charge on any atom is 0.331 e. The van der Waals surface area contributed by atoms with Crippen LogP contribution in [0.4, 0.5) is 0 Å². The fourth-order valence-corrected chi connectivity index (χ4v) is 0.834. The number of hydrogen-bond acceptors (Lipinski definition) is 3. The van der Waals surface area contributed by atoms with Crippen LogP contribution < -0.4 is 0 Å². The number of aliphatic hydroxyl groups excluding tert-OH is 1. The molecule has 72 valence electrons. The van der Waals surface area contributed by atoms with Gasteiger partial charge in [0.25, 0.3) is 0 Å². The third-order valence-corrected chi connectivity index (χ3v) is 1.46. The normalized spacial score (nSPS) is 11.3. The number of aliphatic hydroxyl groups is 1. The van der Waals surface area contributed by atoms with Gasteiger partial charge in [0, 0.05) is 0 Å². The van der Waals surface area contributed by atoms with Crippen LogP contribution in [-0.2, 0) is 9.53 Å². The van der Waals surface area contributed by atoms with Crippen molar-refractivity contribution in [2.75, 3.05) is 13.2 Å². The summed E-state index contributed by atoms with van der Waals surface area (Å²) in [4.78, 5) is 10.5. The Kier molecular flexibility index (Phi) is 4.90. The van der Waals surface area contributed by atoms with Gasteiger partial charge in [-0.3, -0.25) is 0 Å². The number of hydrogen-bond donors (Lipinski definition) is 1. The minimum atomic E-state index is -0.538. The second-order valence-corrected chi connectivity index (χ2v) is 4.04. The van der Waals surface area contributed by atoms with E-state index >= 15 is 0 Å². The summed E-state index contributed by atoms with van der Waals surface area (Å²) in [6, 6.07) is 0. The highest BCUT2D eigenvalue weighted by atomic mass is 16.5. The second-order valence-electron chi connectivity index (χ2n) is 4.04. The first-order chi connectivity index (χ1) is 5.45. The third kappa shape index (κ3) is 7.54. The molecular formula is C9H18O3. The minimum Gasteiger partial charge on any atom is -0.464 e. The summed E-state index contributed by atoms with van der Waals surface area (Å²) in [5.41, 5.74) is 0.283. The molecule has 0 aromatic heterocycles. The molecule has 0 radical (unpaired) electrons. The van der Waals surface area contributed by atoms with Crippen molar-refractivity contribution in [3.63, 3.8) is 0 Å². The van der Waals surface area contributed by atoms with Crippen molar-refractivity contribution in [3.05, 3.63) is 0 Å². The van der Waals surface area contributed by atoms with Crippen LogP contribution in [0.1, 0.15) is 33.6 Å². The Bertz CT molecular complexity index is 135. The maximum absolute atomic E-state index is 10.5. The third-order valence-electron chi connectivity index (χ3n) is 1.46. The van der Waals surface area contributed by atoms with Gasteiger partial charge in [-0.2, -0.15) is 0 Å². The summed E-state index contributed by atoms with van der Waals surface area (Å²) in [6.07, 6.45) is 1.88. The first-order valence-electron chi connectivity index (χ1n) is 4.22. The van der Waals surface area contributed by atoms with E-state index in [1.807, 2.05) is 0 Å². The van der Waals surface area contributed by atoms with Crippen LogP contribution >= 0.6 is 0 Å². The number of carbonyl (C=O) groups is 1. The van der Waals surface area contributed by atoms with Gasteiger partial charge >= 0.3 is 5.97 Å². The minimum absolute atomic E-state index is 0.283. The monoisotopic (exact) mass is 174 g/mol. The van der Waals surface area contributed by atoms with E-state index in [2.05, 4.69) is 20.8 Å². The molecular weight excluding hydrogens is 156 g/mol. The SMILES string of the molecule is CC(C)(C)CCCOC(=O)CO. The van der Waals surface area contributed by atoms with Crippen molar-refractivity contribution in [2.24, 2.45) is 5.41 Å². The van der Waals surface area contributed by atoms with Crippen LogP contribution in [-0.4, -0.2) is 24.3 Å². The lowest BCUT2D eigenvalue weighted by Gasteiger charge is -2.17. The first kappa shape index (κ1) is 11.4. The van der Waals surface area contributed by atoms with E-state index in [4.69, 9.17) is 9.84 Å². The largest absolute Gasteiger partial charge is 0.464 e. The molecule has 0 saturated carbocycles. The van der Waals surface area contributed by atoms with E-state index in [1.165, 1.54) is 0 Å². The van der Waals surface area contributed by atoms with Crippen molar-refractivity contribution >= 4 is 5.97 Å². The summed E-state index contributed by atoms with van der Waals surface area (Å²) in [7, 11) is 0. The van der Waals surface area contributed by atoms with Gasteiger partial charge in [-0.1, -0.05) is 20.8 Å². The zero-order valence-corrected chi connectivity index (χ0v) is 8.09. The lowest BCUT2D eigenvalue weighted by molar-refractivity contribution is -0.147. The molecule has 0 saturated heterocycles. The predicted octanol–water partition coefficient (Wildman–Crippen LogP) is 1.35. The summed E-state index contributed by atoms with van der Waals surface area (Å²) >= 11 is 0. The van der Waals surface area contributed by atoms with E-state index in [0.29, 0.717) is 6.61 Å². The molecule has 1 N–H and O–H groups in total. The van der Waals surface area contributed by atoms with Gasteiger partial charge in [0.2, 0.25) is 0 Å². The molecule has 0 bridgehead atoms.